The number of ether oxygens (including phenoxy) is 2. The summed E-state index contributed by atoms with van der Waals surface area (Å²) in [7, 11) is -6.07. The van der Waals surface area contributed by atoms with Crippen molar-refractivity contribution >= 4 is 38.0 Å². The standard InChI is InChI=1S/C33H36F3NO7S2/c1-8-10-21(4)42-27-14-13-19(2)15-25(27)22-11-9-12-23(17-22)30-37-26-16-20(3)24(29(31(38)39)43-32(5,6)7)18-28(26)45(30)44-46(40,41)33(34,35)36/h8-9,11-18,21,29,45H,1,10H2,2-7H3,(H,38,39)/t21-,29?/m0/s1. The van der Waals surface area contributed by atoms with Gasteiger partial charge in [-0.15, -0.1) is 6.58 Å². The highest BCUT2D eigenvalue weighted by atomic mass is 32.3. The third-order valence-corrected chi connectivity index (χ3v) is 10.3. The molecular formula is C33H36F3NO7S2. The number of fused-ring (bicyclic) bond motifs is 1. The second kappa shape index (κ2) is 13.2. The van der Waals surface area contributed by atoms with Crippen LogP contribution in [0.2, 0.25) is 0 Å². The number of carbonyl (C=O) groups is 1. The number of aliphatic imine (C=N–C) groups is 1. The highest BCUT2D eigenvalue weighted by molar-refractivity contribution is 8.30. The molecule has 0 spiro atoms. The smallest absolute Gasteiger partial charge is 0.490 e. The van der Waals surface area contributed by atoms with Gasteiger partial charge >= 0.3 is 21.6 Å². The van der Waals surface area contributed by atoms with Crippen LogP contribution in [0.25, 0.3) is 11.1 Å². The minimum absolute atomic E-state index is 0.0189. The number of carboxylic acids is 1. The van der Waals surface area contributed by atoms with Crippen molar-refractivity contribution in [2.75, 3.05) is 0 Å². The molecule has 248 valence electrons. The van der Waals surface area contributed by atoms with E-state index in [4.69, 9.17) is 13.1 Å². The van der Waals surface area contributed by atoms with Crippen molar-refractivity contribution < 1.29 is 44.6 Å². The Labute approximate surface area is 269 Å². The number of benzene rings is 3. The van der Waals surface area contributed by atoms with Crippen molar-refractivity contribution in [2.45, 2.75) is 76.2 Å². The molecule has 0 aromatic heterocycles. The summed E-state index contributed by atoms with van der Waals surface area (Å²) in [4.78, 5) is 16.8. The van der Waals surface area contributed by atoms with Crippen LogP contribution in [0.1, 0.15) is 62.5 Å². The molecular weight excluding hydrogens is 643 g/mol. The van der Waals surface area contributed by atoms with Crippen LogP contribution in [-0.2, 0) is 23.3 Å². The van der Waals surface area contributed by atoms with E-state index in [1.54, 1.807) is 58.0 Å². The van der Waals surface area contributed by atoms with Crippen LogP contribution in [0.3, 0.4) is 0 Å². The number of carboxylic acid groups (broad SMARTS) is 1. The second-order valence-electron chi connectivity index (χ2n) is 11.9. The number of aliphatic carboxylic acids is 1. The van der Waals surface area contributed by atoms with Crippen molar-refractivity contribution in [3.8, 4) is 16.9 Å². The van der Waals surface area contributed by atoms with E-state index in [1.165, 1.54) is 12.1 Å². The van der Waals surface area contributed by atoms with Crippen LogP contribution in [-0.4, -0.2) is 41.8 Å². The zero-order valence-corrected chi connectivity index (χ0v) is 27.9. The minimum atomic E-state index is -6.07. The fraction of sp³-hybridized carbons (Fsp3) is 0.333. The molecule has 0 radical (unpaired) electrons. The Balaban J connectivity index is 1.87. The van der Waals surface area contributed by atoms with Crippen molar-refractivity contribution in [2.24, 2.45) is 4.99 Å². The largest absolute Gasteiger partial charge is 0.523 e. The molecule has 1 N–H and O–H groups in total. The zero-order valence-electron chi connectivity index (χ0n) is 26.2. The highest BCUT2D eigenvalue weighted by Crippen LogP contribution is 2.55. The average Bonchev–Trinajstić information content (AvgIpc) is 3.27. The summed E-state index contributed by atoms with van der Waals surface area (Å²) in [6.45, 7) is 14.2. The van der Waals surface area contributed by atoms with Gasteiger partial charge < -0.3 is 14.6 Å². The first kappa shape index (κ1) is 35.2. The number of nitrogens with zero attached hydrogens (tertiary/aromatic N) is 1. The Hall–Kier alpha value is -3.65. The number of hydrogen-bond donors (Lipinski definition) is 2. The van der Waals surface area contributed by atoms with Crippen molar-refractivity contribution in [1.82, 2.24) is 0 Å². The first-order valence-electron chi connectivity index (χ1n) is 14.2. The van der Waals surface area contributed by atoms with E-state index in [0.717, 1.165) is 5.56 Å². The number of thiol groups is 1. The molecule has 2 unspecified atom stereocenters. The number of hydrogen-bond acceptors (Lipinski definition) is 7. The monoisotopic (exact) mass is 679 g/mol. The summed E-state index contributed by atoms with van der Waals surface area (Å²) in [5.74, 6) is -0.748. The van der Waals surface area contributed by atoms with E-state index in [1.807, 2.05) is 32.0 Å². The molecule has 1 heterocycles. The van der Waals surface area contributed by atoms with Crippen molar-refractivity contribution in [1.29, 1.82) is 0 Å². The van der Waals surface area contributed by atoms with Crippen LogP contribution >= 0.6 is 11.2 Å². The first-order valence-corrected chi connectivity index (χ1v) is 16.9. The van der Waals surface area contributed by atoms with E-state index in [-0.39, 0.29) is 27.3 Å². The Bertz CT molecular complexity index is 1800. The maximum atomic E-state index is 13.6. The normalized spacial score (nSPS) is 17.2. The van der Waals surface area contributed by atoms with Gasteiger partial charge in [-0.3, -0.25) is 0 Å². The lowest BCUT2D eigenvalue weighted by molar-refractivity contribution is -0.160. The first-order chi connectivity index (χ1) is 21.3. The number of aryl methyl sites for hydroxylation is 2. The van der Waals surface area contributed by atoms with Gasteiger partial charge in [0.1, 0.15) is 10.8 Å². The quantitative estimate of drug-likeness (QED) is 0.119. The van der Waals surface area contributed by atoms with Crippen molar-refractivity contribution in [3.63, 3.8) is 0 Å². The molecule has 0 bridgehead atoms. The molecule has 1 aliphatic heterocycles. The van der Waals surface area contributed by atoms with Crippen LogP contribution in [0, 0.1) is 13.8 Å². The van der Waals surface area contributed by atoms with Gasteiger partial charge in [0.2, 0.25) is 0 Å². The molecule has 0 aliphatic carbocycles. The van der Waals surface area contributed by atoms with E-state index < -0.39 is 44.5 Å². The maximum absolute atomic E-state index is 13.6. The minimum Gasteiger partial charge on any atom is -0.490 e. The van der Waals surface area contributed by atoms with Gasteiger partial charge in [-0.05, 0) is 88.6 Å². The molecule has 46 heavy (non-hydrogen) atoms. The fourth-order valence-electron chi connectivity index (χ4n) is 4.80. The molecule has 0 saturated heterocycles. The highest BCUT2D eigenvalue weighted by Gasteiger charge is 2.50. The molecule has 0 fully saturated rings. The molecule has 3 atom stereocenters. The van der Waals surface area contributed by atoms with E-state index in [2.05, 4.69) is 11.6 Å². The zero-order chi connectivity index (χ0) is 34.2. The Kier molecular flexibility index (Phi) is 10.1. The van der Waals surface area contributed by atoms with Gasteiger partial charge in [0, 0.05) is 22.4 Å². The van der Waals surface area contributed by atoms with E-state index in [0.29, 0.717) is 34.4 Å². The van der Waals surface area contributed by atoms with Crippen LogP contribution in [0.5, 0.6) is 5.75 Å². The summed E-state index contributed by atoms with van der Waals surface area (Å²) >= 11 is -2.72. The maximum Gasteiger partial charge on any atom is 0.523 e. The van der Waals surface area contributed by atoms with Crippen LogP contribution < -0.4 is 4.74 Å². The summed E-state index contributed by atoms with van der Waals surface area (Å²) in [5, 5.41) is 9.95. The van der Waals surface area contributed by atoms with Gasteiger partial charge in [-0.1, -0.05) is 47.1 Å². The van der Waals surface area contributed by atoms with Gasteiger partial charge in [0.05, 0.1) is 17.4 Å². The summed E-state index contributed by atoms with van der Waals surface area (Å²) in [6.07, 6.45) is 0.673. The Morgan fingerprint density at radius 3 is 2.35 bits per heavy atom. The molecule has 8 nitrogen and oxygen atoms in total. The van der Waals surface area contributed by atoms with Crippen molar-refractivity contribution in [3.05, 3.63) is 89.5 Å². The third kappa shape index (κ3) is 7.83. The van der Waals surface area contributed by atoms with Gasteiger partial charge in [0.25, 0.3) is 0 Å². The average molecular weight is 680 g/mol. The second-order valence-corrected chi connectivity index (χ2v) is 15.3. The molecule has 3 aromatic carbocycles. The van der Waals surface area contributed by atoms with Gasteiger partial charge in [-0.2, -0.15) is 21.6 Å². The van der Waals surface area contributed by atoms with Crippen LogP contribution in [0.4, 0.5) is 18.9 Å². The lowest BCUT2D eigenvalue weighted by atomic mass is 10.00. The molecule has 0 amide bonds. The molecule has 1 aliphatic rings. The number of alkyl halides is 3. The number of rotatable bonds is 11. The lowest BCUT2D eigenvalue weighted by Gasteiger charge is -2.27. The predicted octanol–water partition coefficient (Wildman–Crippen LogP) is 8.49. The molecule has 4 rings (SSSR count). The Morgan fingerprint density at radius 1 is 1.07 bits per heavy atom. The molecule has 13 heteroatoms. The fourth-order valence-corrected chi connectivity index (χ4v) is 7.91. The molecule has 0 saturated carbocycles. The predicted molar refractivity (Wildman–Crippen MR) is 173 cm³/mol. The summed E-state index contributed by atoms with van der Waals surface area (Å²) in [6, 6.07) is 15.2. The van der Waals surface area contributed by atoms with Gasteiger partial charge in [-0.25, -0.2) is 13.4 Å². The van der Waals surface area contributed by atoms with Gasteiger partial charge in [0.15, 0.2) is 6.10 Å². The third-order valence-electron chi connectivity index (χ3n) is 6.83. The molecule has 3 aromatic rings. The SMILES string of the molecule is C=CC[C@H](C)Oc1ccc(C)cc1-c1cccc(C2=Nc3cc(C)c(C(OC(C)(C)C)C(=O)O)cc3[SH]2OS(=O)(=O)C(F)(F)F)c1. The van der Waals surface area contributed by atoms with E-state index in [9.17, 15) is 31.5 Å². The Morgan fingerprint density at radius 2 is 1.74 bits per heavy atom. The number of halogens is 3. The lowest BCUT2D eigenvalue weighted by Crippen LogP contribution is -2.28. The summed E-state index contributed by atoms with van der Waals surface area (Å²) < 4.78 is 82.5. The van der Waals surface area contributed by atoms with Crippen LogP contribution in [0.15, 0.2) is 77.1 Å². The topological polar surface area (TPSA) is 111 Å². The summed E-state index contributed by atoms with van der Waals surface area (Å²) in [5.41, 5.74) is -3.22. The van der Waals surface area contributed by atoms with E-state index >= 15 is 0 Å².